The zero-order valence-electron chi connectivity index (χ0n) is 6.83. The van der Waals surface area contributed by atoms with Gasteiger partial charge in [0.2, 0.25) is 0 Å². The average Bonchev–Trinajstić information content (AvgIpc) is 2.87. The topological polar surface area (TPSA) is 25.8 Å². The molecule has 0 aliphatic heterocycles. The first-order chi connectivity index (χ1) is 6.33. The zero-order valence-corrected chi connectivity index (χ0v) is 9.23. The molecule has 0 unspecified atom stereocenters. The molecule has 4 heteroatoms. The maximum absolute atomic E-state index is 4.53. The molecular formula is C9H7BrN2S. The Morgan fingerprint density at radius 1 is 1.46 bits per heavy atom. The first-order valence-electron chi connectivity index (χ1n) is 4.25. The number of fused-ring (bicyclic) bond motifs is 1. The summed E-state index contributed by atoms with van der Waals surface area (Å²) in [5, 5.41) is 0. The molecule has 0 aromatic carbocycles. The van der Waals surface area contributed by atoms with Crippen LogP contribution in [0.5, 0.6) is 0 Å². The lowest BCUT2D eigenvalue weighted by Gasteiger charge is -1.94. The maximum atomic E-state index is 4.53. The first-order valence-corrected chi connectivity index (χ1v) is 5.86. The highest BCUT2D eigenvalue weighted by molar-refractivity contribution is 9.11. The summed E-state index contributed by atoms with van der Waals surface area (Å²) in [5.41, 5.74) is 1.08. The molecule has 2 heterocycles. The van der Waals surface area contributed by atoms with Crippen molar-refractivity contribution in [2.75, 3.05) is 0 Å². The van der Waals surface area contributed by atoms with Crippen LogP contribution in [-0.2, 0) is 0 Å². The van der Waals surface area contributed by atoms with E-state index in [1.165, 1.54) is 12.8 Å². The average molecular weight is 255 g/mol. The number of halogens is 1. The van der Waals surface area contributed by atoms with Gasteiger partial charge in [-0.25, -0.2) is 9.97 Å². The van der Waals surface area contributed by atoms with Crippen molar-refractivity contribution in [1.29, 1.82) is 0 Å². The van der Waals surface area contributed by atoms with Gasteiger partial charge in [-0.15, -0.1) is 11.3 Å². The molecule has 0 bridgehead atoms. The predicted molar refractivity (Wildman–Crippen MR) is 57.1 cm³/mol. The van der Waals surface area contributed by atoms with Crippen LogP contribution in [0.15, 0.2) is 16.0 Å². The van der Waals surface area contributed by atoms with Crippen molar-refractivity contribution >= 4 is 37.5 Å². The van der Waals surface area contributed by atoms with E-state index in [1.807, 2.05) is 6.20 Å². The molecule has 0 saturated heterocycles. The number of hydrogen-bond acceptors (Lipinski definition) is 3. The molecule has 66 valence electrons. The molecule has 1 aliphatic rings. The van der Waals surface area contributed by atoms with Gasteiger partial charge >= 0.3 is 0 Å². The van der Waals surface area contributed by atoms with Crippen molar-refractivity contribution < 1.29 is 0 Å². The van der Waals surface area contributed by atoms with E-state index in [4.69, 9.17) is 0 Å². The molecule has 1 saturated carbocycles. The standard InChI is InChI=1S/C9H7BrN2S/c10-8-3-6-7(13-8)4-11-9(12-6)5-1-2-5/h3-5H,1-2H2. The summed E-state index contributed by atoms with van der Waals surface area (Å²) in [7, 11) is 0. The third-order valence-electron chi connectivity index (χ3n) is 2.20. The van der Waals surface area contributed by atoms with E-state index in [0.29, 0.717) is 5.92 Å². The molecule has 0 N–H and O–H groups in total. The third-order valence-corrected chi connectivity index (χ3v) is 3.76. The van der Waals surface area contributed by atoms with Crippen LogP contribution in [0.4, 0.5) is 0 Å². The van der Waals surface area contributed by atoms with Gasteiger partial charge in [-0.1, -0.05) is 0 Å². The van der Waals surface area contributed by atoms with E-state index in [2.05, 4.69) is 32.0 Å². The second-order valence-corrected chi connectivity index (χ2v) is 5.77. The van der Waals surface area contributed by atoms with Gasteiger partial charge in [0.1, 0.15) is 5.82 Å². The number of aromatic nitrogens is 2. The number of hydrogen-bond donors (Lipinski definition) is 0. The van der Waals surface area contributed by atoms with E-state index in [1.54, 1.807) is 11.3 Å². The Morgan fingerprint density at radius 3 is 3.08 bits per heavy atom. The molecular weight excluding hydrogens is 248 g/mol. The Labute approximate surface area is 88.1 Å². The quantitative estimate of drug-likeness (QED) is 0.781. The van der Waals surface area contributed by atoms with Crippen molar-refractivity contribution in [1.82, 2.24) is 9.97 Å². The highest BCUT2D eigenvalue weighted by atomic mass is 79.9. The molecule has 1 aliphatic carbocycles. The van der Waals surface area contributed by atoms with Gasteiger partial charge in [0.05, 0.1) is 14.0 Å². The molecule has 1 fully saturated rings. The Bertz CT molecular complexity index is 462. The van der Waals surface area contributed by atoms with Crippen LogP contribution in [0, 0.1) is 0 Å². The molecule has 0 spiro atoms. The van der Waals surface area contributed by atoms with Gasteiger partial charge in [0.25, 0.3) is 0 Å². The normalized spacial score (nSPS) is 16.7. The summed E-state index contributed by atoms with van der Waals surface area (Å²) in [6.45, 7) is 0. The second kappa shape index (κ2) is 2.75. The van der Waals surface area contributed by atoms with E-state index in [-0.39, 0.29) is 0 Å². The maximum Gasteiger partial charge on any atom is 0.132 e. The Morgan fingerprint density at radius 2 is 2.31 bits per heavy atom. The van der Waals surface area contributed by atoms with Gasteiger partial charge in [0, 0.05) is 12.1 Å². The molecule has 13 heavy (non-hydrogen) atoms. The summed E-state index contributed by atoms with van der Waals surface area (Å²) < 4.78 is 2.29. The predicted octanol–water partition coefficient (Wildman–Crippen LogP) is 3.33. The lowest BCUT2D eigenvalue weighted by Crippen LogP contribution is -1.89. The van der Waals surface area contributed by atoms with Crippen molar-refractivity contribution in [3.63, 3.8) is 0 Å². The minimum absolute atomic E-state index is 0.642. The number of nitrogens with zero attached hydrogens (tertiary/aromatic N) is 2. The van der Waals surface area contributed by atoms with Crippen molar-refractivity contribution in [2.45, 2.75) is 18.8 Å². The Hall–Kier alpha value is -0.480. The summed E-state index contributed by atoms with van der Waals surface area (Å²) in [5.74, 6) is 1.67. The SMILES string of the molecule is Brc1cc2nc(C3CC3)ncc2s1. The number of rotatable bonds is 1. The molecule has 0 atom stereocenters. The van der Waals surface area contributed by atoms with Gasteiger partial charge in [-0.05, 0) is 34.8 Å². The van der Waals surface area contributed by atoms with Crippen molar-refractivity contribution in [3.8, 4) is 0 Å². The van der Waals surface area contributed by atoms with Crippen LogP contribution in [0.2, 0.25) is 0 Å². The van der Waals surface area contributed by atoms with Gasteiger partial charge in [0.15, 0.2) is 0 Å². The largest absolute Gasteiger partial charge is 0.240 e. The molecule has 2 nitrogen and oxygen atoms in total. The van der Waals surface area contributed by atoms with E-state index < -0.39 is 0 Å². The summed E-state index contributed by atoms with van der Waals surface area (Å²) >= 11 is 5.14. The monoisotopic (exact) mass is 254 g/mol. The fourth-order valence-electron chi connectivity index (χ4n) is 1.36. The summed E-state index contributed by atoms with van der Waals surface area (Å²) in [4.78, 5) is 8.89. The molecule has 3 rings (SSSR count). The number of thiophene rings is 1. The van der Waals surface area contributed by atoms with Crippen LogP contribution in [-0.4, -0.2) is 9.97 Å². The highest BCUT2D eigenvalue weighted by Crippen LogP contribution is 2.39. The fraction of sp³-hybridized carbons (Fsp3) is 0.333. The van der Waals surface area contributed by atoms with Crippen LogP contribution < -0.4 is 0 Å². The smallest absolute Gasteiger partial charge is 0.132 e. The molecule has 0 amide bonds. The van der Waals surface area contributed by atoms with Gasteiger partial charge < -0.3 is 0 Å². The lowest BCUT2D eigenvalue weighted by atomic mass is 10.4. The van der Waals surface area contributed by atoms with Crippen LogP contribution in [0.1, 0.15) is 24.6 Å². The zero-order chi connectivity index (χ0) is 8.84. The van der Waals surface area contributed by atoms with Crippen molar-refractivity contribution in [3.05, 3.63) is 21.9 Å². The van der Waals surface area contributed by atoms with E-state index >= 15 is 0 Å². The van der Waals surface area contributed by atoms with Crippen molar-refractivity contribution in [2.24, 2.45) is 0 Å². The minimum atomic E-state index is 0.642. The first kappa shape index (κ1) is 7.88. The summed E-state index contributed by atoms with van der Waals surface area (Å²) in [6, 6.07) is 2.06. The fourth-order valence-corrected chi connectivity index (χ4v) is 2.80. The molecule has 2 aromatic rings. The second-order valence-electron chi connectivity index (χ2n) is 3.30. The van der Waals surface area contributed by atoms with Crippen LogP contribution in [0.25, 0.3) is 10.2 Å². The Kier molecular flexibility index (Phi) is 1.67. The van der Waals surface area contributed by atoms with E-state index in [9.17, 15) is 0 Å². The van der Waals surface area contributed by atoms with Gasteiger partial charge in [-0.2, -0.15) is 0 Å². The molecule has 2 aromatic heterocycles. The van der Waals surface area contributed by atoms with E-state index in [0.717, 1.165) is 19.8 Å². The minimum Gasteiger partial charge on any atom is -0.240 e. The third kappa shape index (κ3) is 1.38. The molecule has 0 radical (unpaired) electrons. The van der Waals surface area contributed by atoms with Gasteiger partial charge in [-0.3, -0.25) is 0 Å². The lowest BCUT2D eigenvalue weighted by molar-refractivity contribution is 0.949. The summed E-state index contributed by atoms with van der Waals surface area (Å²) in [6.07, 6.45) is 4.46. The Balaban J connectivity index is 2.20. The highest BCUT2D eigenvalue weighted by Gasteiger charge is 2.26. The van der Waals surface area contributed by atoms with Crippen LogP contribution in [0.3, 0.4) is 0 Å². The van der Waals surface area contributed by atoms with Crippen LogP contribution >= 0.6 is 27.3 Å².